The van der Waals surface area contributed by atoms with Gasteiger partial charge in [-0.05, 0) is 13.0 Å². The summed E-state index contributed by atoms with van der Waals surface area (Å²) in [6, 6.07) is 0. The van der Waals surface area contributed by atoms with Crippen molar-refractivity contribution in [3.63, 3.8) is 0 Å². The van der Waals surface area contributed by atoms with Crippen molar-refractivity contribution in [2.24, 2.45) is 0 Å². The van der Waals surface area contributed by atoms with Gasteiger partial charge in [-0.1, -0.05) is 0 Å². The van der Waals surface area contributed by atoms with E-state index in [0.29, 0.717) is 0 Å². The molecule has 0 aromatic carbocycles. The molecule has 3 nitrogen and oxygen atoms in total. The van der Waals surface area contributed by atoms with Gasteiger partial charge in [-0.2, -0.15) is 0 Å². The van der Waals surface area contributed by atoms with Gasteiger partial charge in [-0.15, -0.1) is 0 Å². The van der Waals surface area contributed by atoms with Crippen molar-refractivity contribution in [1.82, 2.24) is 4.90 Å². The average molecular weight is 153 g/mol. The molecule has 0 saturated heterocycles. The summed E-state index contributed by atoms with van der Waals surface area (Å²) in [6.45, 7) is 3.47. The quantitative estimate of drug-likeness (QED) is 0.489. The highest BCUT2D eigenvalue weighted by Gasteiger charge is 2.13. The van der Waals surface area contributed by atoms with E-state index in [1.165, 1.54) is 0 Å². The number of nitrogens with zero attached hydrogens (tertiary/aromatic N) is 2. The third kappa shape index (κ3) is 1.90. The summed E-state index contributed by atoms with van der Waals surface area (Å²) in [6.07, 6.45) is 5.46. The number of hydrogen-bond donors (Lipinski definition) is 0. The Morgan fingerprint density at radius 2 is 2.45 bits per heavy atom. The summed E-state index contributed by atoms with van der Waals surface area (Å²) in [5.41, 5.74) is 0. The minimum absolute atomic E-state index is 0.0833. The fraction of sp³-hybridized carbons (Fsp3) is 0.500. The molecule has 0 aromatic heterocycles. The van der Waals surface area contributed by atoms with Crippen molar-refractivity contribution in [2.75, 3.05) is 20.1 Å². The molecule has 1 heterocycles. The second-order valence-corrected chi connectivity index (χ2v) is 2.56. The van der Waals surface area contributed by atoms with E-state index in [-0.39, 0.29) is 5.91 Å². The summed E-state index contributed by atoms with van der Waals surface area (Å²) in [5, 5.41) is 0. The minimum Gasteiger partial charge on any atom is -0.330 e. The molecule has 0 spiro atoms. The molecule has 0 atom stereocenters. The first-order valence-electron chi connectivity index (χ1n) is 3.76. The first kappa shape index (κ1) is 7.98. The molecule has 1 aliphatic heterocycles. The molecule has 0 aliphatic carbocycles. The maximum absolute atomic E-state index is 11.2. The molecule has 1 rings (SSSR count). The lowest BCUT2D eigenvalue weighted by molar-refractivity contribution is -0.415. The number of hydrogen-bond acceptors (Lipinski definition) is 1. The van der Waals surface area contributed by atoms with Crippen LogP contribution in [0.3, 0.4) is 0 Å². The van der Waals surface area contributed by atoms with Crippen LogP contribution in [0, 0.1) is 0 Å². The van der Waals surface area contributed by atoms with Crippen LogP contribution in [-0.2, 0) is 4.79 Å². The second kappa shape index (κ2) is 3.32. The summed E-state index contributed by atoms with van der Waals surface area (Å²) < 4.78 is 1.78. The Morgan fingerprint density at radius 1 is 1.73 bits per heavy atom. The highest BCUT2D eigenvalue weighted by Crippen LogP contribution is 1.92. The Bertz CT molecular complexity index is 218. The lowest BCUT2D eigenvalue weighted by Gasteiger charge is -2.12. The van der Waals surface area contributed by atoms with E-state index < -0.39 is 0 Å². The Kier molecular flexibility index (Phi) is 2.41. The number of carbonyl (C=O) groups excluding carboxylic acids is 1. The Hall–Kier alpha value is -1.12. The molecule has 60 valence electrons. The molecule has 0 radical (unpaired) electrons. The Balaban J connectivity index is 2.77. The molecular formula is C8H13N2O+. The molecule has 0 aromatic rings. The van der Waals surface area contributed by atoms with Crippen LogP contribution in [0.25, 0.3) is 0 Å². The van der Waals surface area contributed by atoms with E-state index >= 15 is 0 Å². The van der Waals surface area contributed by atoms with Gasteiger partial charge in [0.2, 0.25) is 6.21 Å². The van der Waals surface area contributed by atoms with Gasteiger partial charge in [-0.25, -0.2) is 4.58 Å². The zero-order chi connectivity index (χ0) is 8.27. The van der Waals surface area contributed by atoms with Crippen molar-refractivity contribution in [3.8, 4) is 0 Å². The van der Waals surface area contributed by atoms with Crippen molar-refractivity contribution in [1.29, 1.82) is 0 Å². The average Bonchev–Trinajstić information content (AvgIpc) is 2.11. The van der Waals surface area contributed by atoms with E-state index in [0.717, 1.165) is 13.1 Å². The minimum atomic E-state index is 0.0833. The topological polar surface area (TPSA) is 23.3 Å². The van der Waals surface area contributed by atoms with E-state index in [1.807, 2.05) is 26.2 Å². The highest BCUT2D eigenvalue weighted by atomic mass is 16.2. The van der Waals surface area contributed by atoms with E-state index in [9.17, 15) is 4.79 Å². The molecule has 0 bridgehead atoms. The maximum Gasteiger partial charge on any atom is 0.310 e. The first-order valence-corrected chi connectivity index (χ1v) is 3.76. The number of likely N-dealkylation sites (N-methyl/N-ethyl adjacent to an activating group) is 1. The Labute approximate surface area is 66.6 Å². The summed E-state index contributed by atoms with van der Waals surface area (Å²) in [5.74, 6) is 0.0833. The zero-order valence-electron chi connectivity index (χ0n) is 6.95. The van der Waals surface area contributed by atoms with E-state index in [1.54, 1.807) is 15.7 Å². The largest absolute Gasteiger partial charge is 0.330 e. The van der Waals surface area contributed by atoms with Gasteiger partial charge in [0.25, 0.3) is 0 Å². The molecule has 0 unspecified atom stereocenters. The lowest BCUT2D eigenvalue weighted by atomic mass is 10.4. The van der Waals surface area contributed by atoms with Gasteiger partial charge in [0.1, 0.15) is 7.05 Å². The molecule has 0 fully saturated rings. The van der Waals surface area contributed by atoms with Crippen molar-refractivity contribution in [2.45, 2.75) is 6.92 Å². The number of rotatable bonds is 1. The Morgan fingerprint density at radius 3 is 3.09 bits per heavy atom. The lowest BCUT2D eigenvalue weighted by Crippen LogP contribution is -2.31. The smallest absolute Gasteiger partial charge is 0.310 e. The van der Waals surface area contributed by atoms with Crippen LogP contribution >= 0.6 is 0 Å². The molecule has 3 heteroatoms. The standard InChI is InChI=1S/C8H13N2O/c1-3-10-6-4-5-9(2)7-8(10)11/h4-5,7H,3,6H2,1-2H3/q+1. The summed E-state index contributed by atoms with van der Waals surface area (Å²) in [7, 11) is 1.85. The fourth-order valence-corrected chi connectivity index (χ4v) is 1.01. The zero-order valence-corrected chi connectivity index (χ0v) is 6.95. The predicted octanol–water partition coefficient (Wildman–Crippen LogP) is 0.0753. The van der Waals surface area contributed by atoms with Crippen molar-refractivity contribution in [3.05, 3.63) is 12.3 Å². The van der Waals surface area contributed by atoms with Gasteiger partial charge < -0.3 is 4.90 Å². The molecule has 0 N–H and O–H groups in total. The monoisotopic (exact) mass is 153 g/mol. The van der Waals surface area contributed by atoms with Crippen LogP contribution < -0.4 is 0 Å². The third-order valence-electron chi connectivity index (χ3n) is 1.67. The number of amides is 1. The van der Waals surface area contributed by atoms with E-state index in [2.05, 4.69) is 0 Å². The predicted molar refractivity (Wildman–Crippen MR) is 43.6 cm³/mol. The fourth-order valence-electron chi connectivity index (χ4n) is 1.01. The van der Waals surface area contributed by atoms with Crippen LogP contribution in [-0.4, -0.2) is 41.7 Å². The normalized spacial score (nSPS) is 18.2. The van der Waals surface area contributed by atoms with Gasteiger partial charge in [0, 0.05) is 13.1 Å². The first-order chi connectivity index (χ1) is 5.24. The number of carbonyl (C=O) groups is 1. The third-order valence-corrected chi connectivity index (χ3v) is 1.67. The van der Waals surface area contributed by atoms with Gasteiger partial charge in [0.15, 0.2) is 6.20 Å². The van der Waals surface area contributed by atoms with Crippen LogP contribution in [0.5, 0.6) is 0 Å². The summed E-state index contributed by atoms with van der Waals surface area (Å²) in [4.78, 5) is 13.0. The SMILES string of the molecule is CCN1CC=C[N+](C)=CC1=O. The van der Waals surface area contributed by atoms with Gasteiger partial charge in [0.05, 0.1) is 0 Å². The molecule has 0 saturated carbocycles. The van der Waals surface area contributed by atoms with Crippen LogP contribution in [0.15, 0.2) is 12.3 Å². The van der Waals surface area contributed by atoms with Gasteiger partial charge >= 0.3 is 5.91 Å². The van der Waals surface area contributed by atoms with Crippen molar-refractivity contribution < 1.29 is 9.37 Å². The van der Waals surface area contributed by atoms with Crippen LogP contribution in [0.4, 0.5) is 0 Å². The van der Waals surface area contributed by atoms with Crippen LogP contribution in [0.2, 0.25) is 0 Å². The molecule has 11 heavy (non-hydrogen) atoms. The second-order valence-electron chi connectivity index (χ2n) is 2.56. The molecule has 1 aliphatic rings. The van der Waals surface area contributed by atoms with E-state index in [4.69, 9.17) is 0 Å². The molecule has 1 amide bonds. The van der Waals surface area contributed by atoms with Crippen molar-refractivity contribution >= 4 is 12.1 Å². The maximum atomic E-state index is 11.2. The summed E-state index contributed by atoms with van der Waals surface area (Å²) >= 11 is 0. The highest BCUT2D eigenvalue weighted by molar-refractivity contribution is 6.24. The molecular weight excluding hydrogens is 140 g/mol. The van der Waals surface area contributed by atoms with Gasteiger partial charge in [-0.3, -0.25) is 4.79 Å². The van der Waals surface area contributed by atoms with Crippen LogP contribution in [0.1, 0.15) is 6.92 Å².